The molecular formula is C14H22N2S. The molecule has 1 aliphatic carbocycles. The van der Waals surface area contributed by atoms with Crippen LogP contribution in [0.25, 0.3) is 0 Å². The maximum Gasteiger partial charge on any atom is 0.0312 e. The molecule has 17 heavy (non-hydrogen) atoms. The SMILES string of the molecule is c1cncc(CNCCSC2CCCCC2)c1. The number of hydrogen-bond acceptors (Lipinski definition) is 3. The van der Waals surface area contributed by atoms with Gasteiger partial charge in [-0.1, -0.05) is 25.3 Å². The summed E-state index contributed by atoms with van der Waals surface area (Å²) in [4.78, 5) is 4.11. The zero-order chi connectivity index (χ0) is 11.8. The molecule has 2 nitrogen and oxygen atoms in total. The zero-order valence-electron chi connectivity index (χ0n) is 10.4. The van der Waals surface area contributed by atoms with E-state index in [2.05, 4.69) is 28.1 Å². The van der Waals surface area contributed by atoms with Gasteiger partial charge in [-0.25, -0.2) is 0 Å². The molecule has 0 atom stereocenters. The molecule has 1 aliphatic rings. The summed E-state index contributed by atoms with van der Waals surface area (Å²) in [5.41, 5.74) is 1.27. The monoisotopic (exact) mass is 250 g/mol. The van der Waals surface area contributed by atoms with E-state index >= 15 is 0 Å². The lowest BCUT2D eigenvalue weighted by Gasteiger charge is -2.20. The van der Waals surface area contributed by atoms with Crippen molar-refractivity contribution < 1.29 is 0 Å². The Morgan fingerprint density at radius 3 is 2.94 bits per heavy atom. The molecule has 0 unspecified atom stereocenters. The van der Waals surface area contributed by atoms with Crippen molar-refractivity contribution in [3.05, 3.63) is 30.1 Å². The topological polar surface area (TPSA) is 24.9 Å². The van der Waals surface area contributed by atoms with Crippen molar-refractivity contribution in [2.75, 3.05) is 12.3 Å². The second-order valence-electron chi connectivity index (χ2n) is 4.67. The predicted molar refractivity (Wildman–Crippen MR) is 75.3 cm³/mol. The highest BCUT2D eigenvalue weighted by molar-refractivity contribution is 7.99. The van der Waals surface area contributed by atoms with Crippen LogP contribution in [0.1, 0.15) is 37.7 Å². The molecule has 2 rings (SSSR count). The number of rotatable bonds is 6. The third kappa shape index (κ3) is 5.09. The molecule has 94 valence electrons. The molecule has 1 saturated carbocycles. The van der Waals surface area contributed by atoms with E-state index in [9.17, 15) is 0 Å². The Morgan fingerprint density at radius 1 is 1.29 bits per heavy atom. The Labute approximate surface area is 109 Å². The lowest BCUT2D eigenvalue weighted by Crippen LogP contribution is -2.18. The molecule has 0 amide bonds. The number of hydrogen-bond donors (Lipinski definition) is 1. The fraction of sp³-hybridized carbons (Fsp3) is 0.643. The first kappa shape index (κ1) is 12.9. The lowest BCUT2D eigenvalue weighted by atomic mass is 10.0. The molecule has 0 aliphatic heterocycles. The van der Waals surface area contributed by atoms with Gasteiger partial charge in [0.15, 0.2) is 0 Å². The van der Waals surface area contributed by atoms with Crippen molar-refractivity contribution in [2.24, 2.45) is 0 Å². The van der Waals surface area contributed by atoms with E-state index in [0.29, 0.717) is 0 Å². The first-order chi connectivity index (χ1) is 8.45. The number of thioether (sulfide) groups is 1. The number of aromatic nitrogens is 1. The maximum atomic E-state index is 4.11. The van der Waals surface area contributed by atoms with Gasteiger partial charge in [0, 0.05) is 36.5 Å². The van der Waals surface area contributed by atoms with Crippen LogP contribution in [0, 0.1) is 0 Å². The average molecular weight is 250 g/mol. The minimum Gasteiger partial charge on any atom is -0.312 e. The third-order valence-corrected chi connectivity index (χ3v) is 4.62. The summed E-state index contributed by atoms with van der Waals surface area (Å²) in [5, 5.41) is 4.41. The van der Waals surface area contributed by atoms with Gasteiger partial charge in [0.25, 0.3) is 0 Å². The highest BCUT2D eigenvalue weighted by Crippen LogP contribution is 2.27. The standard InChI is InChI=1S/C14H22N2S/c1-2-6-14(7-3-1)17-10-9-16-12-13-5-4-8-15-11-13/h4-5,8,11,14,16H,1-3,6-7,9-10,12H2. The molecule has 1 heterocycles. The average Bonchev–Trinajstić information content (AvgIpc) is 2.41. The van der Waals surface area contributed by atoms with Gasteiger partial charge in [0.05, 0.1) is 0 Å². The summed E-state index contributed by atoms with van der Waals surface area (Å²) in [6.45, 7) is 2.05. The second kappa shape index (κ2) is 7.72. The van der Waals surface area contributed by atoms with Crippen molar-refractivity contribution in [3.8, 4) is 0 Å². The Kier molecular flexibility index (Phi) is 5.86. The van der Waals surface area contributed by atoms with E-state index < -0.39 is 0 Å². The van der Waals surface area contributed by atoms with Crippen LogP contribution in [-0.2, 0) is 6.54 Å². The van der Waals surface area contributed by atoms with Gasteiger partial charge in [0.2, 0.25) is 0 Å². The Bertz CT molecular complexity index is 296. The Balaban J connectivity index is 1.51. The van der Waals surface area contributed by atoms with Crippen LogP contribution >= 0.6 is 11.8 Å². The van der Waals surface area contributed by atoms with Crippen molar-refractivity contribution in [1.82, 2.24) is 10.3 Å². The van der Waals surface area contributed by atoms with Gasteiger partial charge in [-0.2, -0.15) is 11.8 Å². The fourth-order valence-corrected chi connectivity index (χ4v) is 3.53. The first-order valence-corrected chi connectivity index (χ1v) is 7.71. The largest absolute Gasteiger partial charge is 0.312 e. The van der Waals surface area contributed by atoms with Gasteiger partial charge in [0.1, 0.15) is 0 Å². The third-order valence-electron chi connectivity index (χ3n) is 3.24. The molecule has 0 radical (unpaired) electrons. The predicted octanol–water partition coefficient (Wildman–Crippen LogP) is 3.24. The molecule has 1 fully saturated rings. The highest BCUT2D eigenvalue weighted by atomic mass is 32.2. The highest BCUT2D eigenvalue weighted by Gasteiger charge is 2.12. The van der Waals surface area contributed by atoms with Crippen LogP contribution in [0.2, 0.25) is 0 Å². The molecule has 1 aromatic rings. The molecule has 1 N–H and O–H groups in total. The maximum absolute atomic E-state index is 4.11. The van der Waals surface area contributed by atoms with Crippen LogP contribution in [0.15, 0.2) is 24.5 Å². The molecule has 0 aromatic carbocycles. The normalized spacial score (nSPS) is 17.2. The van der Waals surface area contributed by atoms with E-state index in [4.69, 9.17) is 0 Å². The molecule has 0 bridgehead atoms. The van der Waals surface area contributed by atoms with Gasteiger partial charge in [-0.3, -0.25) is 4.98 Å². The summed E-state index contributed by atoms with van der Waals surface area (Å²) in [5.74, 6) is 1.24. The number of nitrogens with zero attached hydrogens (tertiary/aromatic N) is 1. The van der Waals surface area contributed by atoms with Crippen molar-refractivity contribution in [2.45, 2.75) is 43.9 Å². The van der Waals surface area contributed by atoms with E-state index in [0.717, 1.165) is 18.3 Å². The van der Waals surface area contributed by atoms with Crippen LogP contribution in [0.3, 0.4) is 0 Å². The van der Waals surface area contributed by atoms with Crippen LogP contribution in [-0.4, -0.2) is 22.5 Å². The number of nitrogens with one attached hydrogen (secondary N) is 1. The molecule has 1 aromatic heterocycles. The van der Waals surface area contributed by atoms with Crippen molar-refractivity contribution in [3.63, 3.8) is 0 Å². The van der Waals surface area contributed by atoms with Crippen LogP contribution < -0.4 is 5.32 Å². The zero-order valence-corrected chi connectivity index (χ0v) is 11.2. The van der Waals surface area contributed by atoms with Crippen molar-refractivity contribution >= 4 is 11.8 Å². The van der Waals surface area contributed by atoms with E-state index in [-0.39, 0.29) is 0 Å². The quantitative estimate of drug-likeness (QED) is 0.785. The van der Waals surface area contributed by atoms with Gasteiger partial charge in [-0.05, 0) is 24.5 Å². The summed E-state index contributed by atoms with van der Waals surface area (Å²) >= 11 is 2.15. The lowest BCUT2D eigenvalue weighted by molar-refractivity contribution is 0.516. The summed E-state index contributed by atoms with van der Waals surface area (Å²) < 4.78 is 0. The summed E-state index contributed by atoms with van der Waals surface area (Å²) in [6.07, 6.45) is 11.0. The number of pyridine rings is 1. The van der Waals surface area contributed by atoms with Crippen LogP contribution in [0.5, 0.6) is 0 Å². The van der Waals surface area contributed by atoms with Gasteiger partial charge < -0.3 is 5.32 Å². The Hall–Kier alpha value is -0.540. The fourth-order valence-electron chi connectivity index (χ4n) is 2.26. The minimum atomic E-state index is 0.934. The van der Waals surface area contributed by atoms with Gasteiger partial charge >= 0.3 is 0 Å². The Morgan fingerprint density at radius 2 is 2.18 bits per heavy atom. The van der Waals surface area contributed by atoms with E-state index in [1.165, 1.54) is 43.4 Å². The van der Waals surface area contributed by atoms with Crippen molar-refractivity contribution in [1.29, 1.82) is 0 Å². The first-order valence-electron chi connectivity index (χ1n) is 6.66. The van der Waals surface area contributed by atoms with Crippen LogP contribution in [0.4, 0.5) is 0 Å². The molecule has 0 saturated heterocycles. The molecule has 3 heteroatoms. The smallest absolute Gasteiger partial charge is 0.0312 e. The summed E-state index contributed by atoms with van der Waals surface area (Å²) in [7, 11) is 0. The molecular weight excluding hydrogens is 228 g/mol. The molecule has 0 spiro atoms. The second-order valence-corrected chi connectivity index (χ2v) is 6.08. The minimum absolute atomic E-state index is 0.934. The summed E-state index contributed by atoms with van der Waals surface area (Å²) in [6, 6.07) is 4.11. The van der Waals surface area contributed by atoms with E-state index in [1.807, 2.05) is 18.5 Å². The van der Waals surface area contributed by atoms with Gasteiger partial charge in [-0.15, -0.1) is 0 Å². The van der Waals surface area contributed by atoms with E-state index in [1.54, 1.807) is 0 Å².